The standard InChI is InChI=1S/C13H24N4O3S/c1-17(7-4-3-5-8-18)12(19)10-11(14)16-13(21-10)15-6-9-20-2/h18H,3-9,14H2,1-2H3,(H,15,16). The first-order valence-corrected chi connectivity index (χ1v) is 7.77. The molecule has 1 aromatic rings. The van der Waals surface area contributed by atoms with Crippen LogP contribution in [0.15, 0.2) is 0 Å². The second-order valence-electron chi connectivity index (χ2n) is 4.66. The van der Waals surface area contributed by atoms with Crippen LogP contribution in [-0.2, 0) is 4.74 Å². The molecule has 1 aromatic heterocycles. The first-order chi connectivity index (χ1) is 10.1. The molecular formula is C13H24N4O3S. The maximum atomic E-state index is 12.3. The maximum absolute atomic E-state index is 12.3. The monoisotopic (exact) mass is 316 g/mol. The molecule has 0 radical (unpaired) electrons. The van der Waals surface area contributed by atoms with Crippen LogP contribution in [0.2, 0.25) is 0 Å². The Morgan fingerprint density at radius 1 is 1.48 bits per heavy atom. The number of nitrogens with one attached hydrogen (secondary N) is 1. The van der Waals surface area contributed by atoms with Gasteiger partial charge in [0.1, 0.15) is 10.7 Å². The molecule has 0 atom stereocenters. The summed E-state index contributed by atoms with van der Waals surface area (Å²) in [6.07, 6.45) is 2.52. The van der Waals surface area contributed by atoms with Crippen molar-refractivity contribution in [3.05, 3.63) is 4.88 Å². The summed E-state index contributed by atoms with van der Waals surface area (Å²) < 4.78 is 4.94. The van der Waals surface area contributed by atoms with Crippen molar-refractivity contribution in [2.75, 3.05) is 51.5 Å². The van der Waals surface area contributed by atoms with E-state index in [0.717, 1.165) is 19.3 Å². The molecule has 1 rings (SSSR count). The summed E-state index contributed by atoms with van der Waals surface area (Å²) in [6.45, 7) is 2.01. The molecule has 0 fully saturated rings. The van der Waals surface area contributed by atoms with Crippen molar-refractivity contribution in [3.8, 4) is 0 Å². The number of carbonyl (C=O) groups excluding carboxylic acids is 1. The van der Waals surface area contributed by atoms with E-state index in [-0.39, 0.29) is 18.3 Å². The van der Waals surface area contributed by atoms with E-state index < -0.39 is 0 Å². The zero-order valence-electron chi connectivity index (χ0n) is 12.6. The lowest BCUT2D eigenvalue weighted by atomic mass is 10.2. The Morgan fingerprint density at radius 3 is 2.90 bits per heavy atom. The molecule has 0 saturated carbocycles. The van der Waals surface area contributed by atoms with Crippen molar-refractivity contribution in [3.63, 3.8) is 0 Å². The zero-order chi connectivity index (χ0) is 15.7. The maximum Gasteiger partial charge on any atom is 0.267 e. The van der Waals surface area contributed by atoms with Gasteiger partial charge in [0.2, 0.25) is 0 Å². The van der Waals surface area contributed by atoms with Crippen molar-refractivity contribution in [1.29, 1.82) is 0 Å². The van der Waals surface area contributed by atoms with E-state index in [1.165, 1.54) is 11.3 Å². The van der Waals surface area contributed by atoms with Crippen LogP contribution in [0.25, 0.3) is 0 Å². The number of ether oxygens (including phenoxy) is 1. The van der Waals surface area contributed by atoms with E-state index in [4.69, 9.17) is 15.6 Å². The van der Waals surface area contributed by atoms with E-state index in [2.05, 4.69) is 10.3 Å². The zero-order valence-corrected chi connectivity index (χ0v) is 13.4. The Hall–Kier alpha value is -1.38. The Balaban J connectivity index is 2.52. The molecule has 0 aliphatic rings. The van der Waals surface area contributed by atoms with Crippen LogP contribution in [0.3, 0.4) is 0 Å². The molecule has 0 saturated heterocycles. The van der Waals surface area contributed by atoms with E-state index in [9.17, 15) is 4.79 Å². The molecule has 0 aliphatic carbocycles. The number of aliphatic hydroxyl groups excluding tert-OH is 1. The van der Waals surface area contributed by atoms with Gasteiger partial charge in [-0.05, 0) is 19.3 Å². The topological polar surface area (TPSA) is 101 Å². The third-order valence-electron chi connectivity index (χ3n) is 2.93. The molecule has 7 nitrogen and oxygen atoms in total. The van der Waals surface area contributed by atoms with Gasteiger partial charge in [-0.1, -0.05) is 11.3 Å². The van der Waals surface area contributed by atoms with Crippen molar-refractivity contribution in [1.82, 2.24) is 9.88 Å². The first kappa shape index (κ1) is 17.7. The molecule has 0 unspecified atom stereocenters. The fourth-order valence-corrected chi connectivity index (χ4v) is 2.64. The first-order valence-electron chi connectivity index (χ1n) is 6.95. The number of nitrogen functional groups attached to an aromatic ring is 1. The normalized spacial score (nSPS) is 10.6. The number of rotatable bonds is 10. The van der Waals surface area contributed by atoms with Gasteiger partial charge in [-0.25, -0.2) is 4.98 Å². The lowest BCUT2D eigenvalue weighted by molar-refractivity contribution is 0.0797. The van der Waals surface area contributed by atoms with Crippen molar-refractivity contribution in [2.45, 2.75) is 19.3 Å². The summed E-state index contributed by atoms with van der Waals surface area (Å²) in [4.78, 5) is 18.5. The Labute approximate surface area is 129 Å². The number of methoxy groups -OCH3 is 1. The van der Waals surface area contributed by atoms with E-state index >= 15 is 0 Å². The highest BCUT2D eigenvalue weighted by Crippen LogP contribution is 2.26. The molecule has 8 heteroatoms. The van der Waals surface area contributed by atoms with Crippen LogP contribution in [0.5, 0.6) is 0 Å². The van der Waals surface area contributed by atoms with Crippen molar-refractivity contribution < 1.29 is 14.6 Å². The predicted octanol–water partition coefficient (Wildman–Crippen LogP) is 1.02. The van der Waals surface area contributed by atoms with Gasteiger partial charge in [0.25, 0.3) is 5.91 Å². The number of hydrogen-bond donors (Lipinski definition) is 3. The van der Waals surface area contributed by atoms with Gasteiger partial charge in [-0.2, -0.15) is 0 Å². The molecule has 0 bridgehead atoms. The Bertz CT molecular complexity index is 439. The number of unbranched alkanes of at least 4 members (excludes halogenated alkanes) is 2. The van der Waals surface area contributed by atoms with E-state index in [1.54, 1.807) is 19.1 Å². The van der Waals surface area contributed by atoms with Crippen LogP contribution in [0.4, 0.5) is 10.9 Å². The minimum absolute atomic E-state index is 0.117. The van der Waals surface area contributed by atoms with Crippen LogP contribution < -0.4 is 11.1 Å². The van der Waals surface area contributed by atoms with Crippen molar-refractivity contribution in [2.24, 2.45) is 0 Å². The third-order valence-corrected chi connectivity index (χ3v) is 3.95. The number of aromatic nitrogens is 1. The predicted molar refractivity (Wildman–Crippen MR) is 84.8 cm³/mol. The molecule has 0 spiro atoms. The number of anilines is 2. The van der Waals surface area contributed by atoms with Crippen LogP contribution in [0, 0.1) is 0 Å². The van der Waals surface area contributed by atoms with Crippen LogP contribution in [0.1, 0.15) is 28.9 Å². The number of hydrogen-bond acceptors (Lipinski definition) is 7. The summed E-state index contributed by atoms with van der Waals surface area (Å²) in [6, 6.07) is 0. The molecule has 4 N–H and O–H groups in total. The SMILES string of the molecule is COCCNc1nc(N)c(C(=O)N(C)CCCCCO)s1. The smallest absolute Gasteiger partial charge is 0.267 e. The summed E-state index contributed by atoms with van der Waals surface area (Å²) in [5.41, 5.74) is 5.81. The molecular weight excluding hydrogens is 292 g/mol. The summed E-state index contributed by atoms with van der Waals surface area (Å²) in [5.74, 6) is 0.140. The molecule has 1 heterocycles. The minimum atomic E-state index is -0.117. The average Bonchev–Trinajstić information content (AvgIpc) is 2.84. The molecule has 1 amide bonds. The molecule has 21 heavy (non-hydrogen) atoms. The van der Waals surface area contributed by atoms with Crippen molar-refractivity contribution >= 4 is 28.2 Å². The van der Waals surface area contributed by atoms with Crippen LogP contribution in [-0.4, -0.2) is 61.4 Å². The average molecular weight is 316 g/mol. The Kier molecular flexibility index (Phi) is 8.03. The van der Waals surface area contributed by atoms with Gasteiger partial charge in [0, 0.05) is 33.9 Å². The highest BCUT2D eigenvalue weighted by Gasteiger charge is 2.19. The summed E-state index contributed by atoms with van der Waals surface area (Å²) in [5, 5.41) is 12.4. The van der Waals surface area contributed by atoms with Gasteiger partial charge in [-0.15, -0.1) is 0 Å². The van der Waals surface area contributed by atoms with Gasteiger partial charge in [0.15, 0.2) is 5.13 Å². The van der Waals surface area contributed by atoms with Gasteiger partial charge < -0.3 is 25.8 Å². The second kappa shape index (κ2) is 9.54. The number of nitrogens with zero attached hydrogens (tertiary/aromatic N) is 2. The van der Waals surface area contributed by atoms with Gasteiger partial charge in [0.05, 0.1) is 6.61 Å². The number of thiazole rings is 1. The highest BCUT2D eigenvalue weighted by molar-refractivity contribution is 7.18. The van der Waals surface area contributed by atoms with Gasteiger partial charge >= 0.3 is 0 Å². The summed E-state index contributed by atoms with van der Waals surface area (Å²) in [7, 11) is 3.37. The fraction of sp³-hybridized carbons (Fsp3) is 0.692. The third kappa shape index (κ3) is 5.86. The number of amides is 1. The number of carbonyl (C=O) groups is 1. The Morgan fingerprint density at radius 2 is 2.24 bits per heavy atom. The van der Waals surface area contributed by atoms with E-state index in [1.807, 2.05) is 0 Å². The fourth-order valence-electron chi connectivity index (χ4n) is 1.73. The summed E-state index contributed by atoms with van der Waals surface area (Å²) >= 11 is 1.26. The highest BCUT2D eigenvalue weighted by atomic mass is 32.1. The lowest BCUT2D eigenvalue weighted by Gasteiger charge is -2.15. The number of aliphatic hydroxyl groups is 1. The quantitative estimate of drug-likeness (QED) is 0.557. The van der Waals surface area contributed by atoms with Crippen LogP contribution >= 0.6 is 11.3 Å². The van der Waals surface area contributed by atoms with E-state index in [0.29, 0.717) is 29.7 Å². The van der Waals surface area contributed by atoms with Gasteiger partial charge in [-0.3, -0.25) is 4.79 Å². The lowest BCUT2D eigenvalue weighted by Crippen LogP contribution is -2.27. The molecule has 0 aliphatic heterocycles. The second-order valence-corrected chi connectivity index (χ2v) is 5.66. The largest absolute Gasteiger partial charge is 0.396 e. The molecule has 0 aromatic carbocycles. The number of nitrogens with two attached hydrogens (primary N) is 1. The minimum Gasteiger partial charge on any atom is -0.396 e. The molecule has 120 valence electrons.